The molecule has 0 bridgehead atoms. The van der Waals surface area contributed by atoms with Crippen molar-refractivity contribution in [1.82, 2.24) is 5.43 Å². The number of rotatable bonds is 18. The summed E-state index contributed by atoms with van der Waals surface area (Å²) in [5.41, 5.74) is 2.27. The second kappa shape index (κ2) is 25.6. The molecule has 0 spiro atoms. The first kappa shape index (κ1) is 26.6. The van der Waals surface area contributed by atoms with Crippen LogP contribution in [0.3, 0.4) is 0 Å². The third kappa shape index (κ3) is 31.6. The van der Waals surface area contributed by atoms with Crippen LogP contribution in [0.2, 0.25) is 0 Å². The van der Waals surface area contributed by atoms with Gasteiger partial charge in [-0.3, -0.25) is 16.1 Å². The van der Waals surface area contributed by atoms with Gasteiger partial charge in [-0.1, -0.05) is 96.8 Å². The molecule has 0 radical (unpaired) electrons. The first-order chi connectivity index (χ1) is 12.2. The number of aliphatic carboxylic acids is 1. The zero-order chi connectivity index (χ0) is 19.0. The fraction of sp³-hybridized carbons (Fsp3) is 0.950. The van der Waals surface area contributed by atoms with E-state index in [4.69, 9.17) is 16.1 Å². The average molecular weight is 361 g/mol. The average Bonchev–Trinajstić information content (AvgIpc) is 2.59. The Morgan fingerprint density at radius 2 is 1.12 bits per heavy atom. The predicted octanol–water partition coefficient (Wildman–Crippen LogP) is 4.77. The van der Waals surface area contributed by atoms with Crippen molar-refractivity contribution in [1.29, 1.82) is 0 Å². The number of nitrogens with one attached hydrogen (secondary N) is 1. The lowest BCUT2D eigenvalue weighted by Gasteiger charge is -2.03. The fourth-order valence-corrected chi connectivity index (χ4v) is 2.71. The normalized spacial score (nSPS) is 10.4. The topological polar surface area (TPSA) is 95.6 Å². The molecule has 5 heteroatoms. The molecule has 0 saturated carbocycles. The van der Waals surface area contributed by atoms with E-state index in [2.05, 4.69) is 12.3 Å². The molecule has 0 heterocycles. The SMILES string of the molecule is CCCCCCCCCCCCCCCCCC(=O)O.NNCCO. The molecule has 0 amide bonds. The molecule has 0 aliphatic rings. The number of carboxylic acids is 1. The van der Waals surface area contributed by atoms with E-state index in [1.165, 1.54) is 83.5 Å². The highest BCUT2D eigenvalue weighted by atomic mass is 16.4. The molecular formula is C20H44N2O3. The van der Waals surface area contributed by atoms with Crippen LogP contribution in [0.4, 0.5) is 0 Å². The van der Waals surface area contributed by atoms with Crippen LogP contribution in [0.15, 0.2) is 0 Å². The summed E-state index contributed by atoms with van der Waals surface area (Å²) in [7, 11) is 0. The van der Waals surface area contributed by atoms with Crippen LogP contribution in [0.25, 0.3) is 0 Å². The van der Waals surface area contributed by atoms with Gasteiger partial charge in [0.1, 0.15) is 0 Å². The van der Waals surface area contributed by atoms with Crippen LogP contribution in [0.5, 0.6) is 0 Å². The largest absolute Gasteiger partial charge is 0.481 e. The minimum atomic E-state index is -0.653. The number of nitrogens with two attached hydrogens (primary N) is 1. The Balaban J connectivity index is 0. The molecule has 0 aromatic rings. The van der Waals surface area contributed by atoms with Gasteiger partial charge < -0.3 is 10.2 Å². The Morgan fingerprint density at radius 3 is 1.36 bits per heavy atom. The van der Waals surface area contributed by atoms with Crippen molar-refractivity contribution in [3.63, 3.8) is 0 Å². The van der Waals surface area contributed by atoms with E-state index in [0.29, 0.717) is 13.0 Å². The predicted molar refractivity (Wildman–Crippen MR) is 106 cm³/mol. The van der Waals surface area contributed by atoms with E-state index < -0.39 is 5.97 Å². The van der Waals surface area contributed by atoms with Gasteiger partial charge in [-0.15, -0.1) is 0 Å². The summed E-state index contributed by atoms with van der Waals surface area (Å²) in [6, 6.07) is 0. The fourth-order valence-electron chi connectivity index (χ4n) is 2.71. The third-order valence-corrected chi connectivity index (χ3v) is 4.25. The van der Waals surface area contributed by atoms with Gasteiger partial charge in [0, 0.05) is 13.0 Å². The third-order valence-electron chi connectivity index (χ3n) is 4.25. The Hall–Kier alpha value is -0.650. The minimum Gasteiger partial charge on any atom is -0.481 e. The smallest absolute Gasteiger partial charge is 0.303 e. The molecule has 0 rings (SSSR count). The number of carboxylic acid groups (broad SMARTS) is 1. The van der Waals surface area contributed by atoms with Crippen LogP contribution in [0.1, 0.15) is 110 Å². The van der Waals surface area contributed by atoms with E-state index in [1.54, 1.807) is 0 Å². The number of carbonyl (C=O) groups is 1. The molecule has 5 N–H and O–H groups in total. The summed E-state index contributed by atoms with van der Waals surface area (Å²) < 4.78 is 0. The summed E-state index contributed by atoms with van der Waals surface area (Å²) in [4.78, 5) is 10.3. The maximum absolute atomic E-state index is 10.3. The molecule has 0 aromatic carbocycles. The first-order valence-electron chi connectivity index (χ1n) is 10.4. The molecule has 5 nitrogen and oxygen atoms in total. The molecule has 152 valence electrons. The van der Waals surface area contributed by atoms with Gasteiger partial charge in [0.2, 0.25) is 0 Å². The van der Waals surface area contributed by atoms with Gasteiger partial charge in [0.15, 0.2) is 0 Å². The lowest BCUT2D eigenvalue weighted by atomic mass is 10.0. The van der Waals surface area contributed by atoms with Gasteiger partial charge in [0.25, 0.3) is 0 Å². The molecule has 0 saturated heterocycles. The summed E-state index contributed by atoms with van der Waals surface area (Å²) in [5.74, 6) is 4.08. The van der Waals surface area contributed by atoms with Crippen LogP contribution >= 0.6 is 0 Å². The Morgan fingerprint density at radius 1 is 0.760 bits per heavy atom. The van der Waals surface area contributed by atoms with E-state index in [0.717, 1.165) is 12.8 Å². The van der Waals surface area contributed by atoms with Crippen LogP contribution in [-0.2, 0) is 4.79 Å². The van der Waals surface area contributed by atoms with Crippen molar-refractivity contribution in [2.45, 2.75) is 110 Å². The van der Waals surface area contributed by atoms with Crippen LogP contribution < -0.4 is 11.3 Å². The maximum Gasteiger partial charge on any atom is 0.303 e. The zero-order valence-electron chi connectivity index (χ0n) is 16.6. The zero-order valence-corrected chi connectivity index (χ0v) is 16.6. The highest BCUT2D eigenvalue weighted by molar-refractivity contribution is 5.66. The van der Waals surface area contributed by atoms with Crippen LogP contribution in [-0.4, -0.2) is 29.3 Å². The minimum absolute atomic E-state index is 0.108. The monoisotopic (exact) mass is 360 g/mol. The van der Waals surface area contributed by atoms with E-state index in [-0.39, 0.29) is 6.61 Å². The van der Waals surface area contributed by atoms with Crippen molar-refractivity contribution >= 4 is 5.97 Å². The molecule has 0 fully saturated rings. The van der Waals surface area contributed by atoms with Crippen molar-refractivity contribution in [3.05, 3.63) is 0 Å². The summed E-state index contributed by atoms with van der Waals surface area (Å²) in [6.07, 6.45) is 20.2. The molecule has 0 aromatic heterocycles. The molecule has 0 atom stereocenters. The standard InChI is InChI=1S/C18H36O2.C2H8N2O/c1-2-3-4-5-6-7-8-9-10-11-12-13-14-15-16-17-18(19)20;3-4-1-2-5/h2-17H2,1H3,(H,19,20);4-5H,1-3H2. The number of aliphatic hydroxyl groups is 1. The Kier molecular flexibility index (Phi) is 27.2. The maximum atomic E-state index is 10.3. The quantitative estimate of drug-likeness (QED) is 0.160. The van der Waals surface area contributed by atoms with E-state index in [9.17, 15) is 4.79 Å². The van der Waals surface area contributed by atoms with Gasteiger partial charge in [0.05, 0.1) is 6.61 Å². The lowest BCUT2D eigenvalue weighted by molar-refractivity contribution is -0.137. The van der Waals surface area contributed by atoms with Crippen molar-refractivity contribution in [2.24, 2.45) is 5.84 Å². The summed E-state index contributed by atoms with van der Waals surface area (Å²) >= 11 is 0. The highest BCUT2D eigenvalue weighted by Crippen LogP contribution is 2.13. The molecule has 25 heavy (non-hydrogen) atoms. The molecule has 0 aliphatic carbocycles. The number of aliphatic hydroxyl groups excluding tert-OH is 1. The molecular weight excluding hydrogens is 316 g/mol. The Bertz CT molecular complexity index is 249. The second-order valence-electron chi connectivity index (χ2n) is 6.77. The van der Waals surface area contributed by atoms with Gasteiger partial charge >= 0.3 is 5.97 Å². The number of hydrogen-bond acceptors (Lipinski definition) is 4. The van der Waals surface area contributed by atoms with Crippen molar-refractivity contribution in [3.8, 4) is 0 Å². The Labute approximate surface area is 155 Å². The summed E-state index contributed by atoms with van der Waals surface area (Å²) in [6.45, 7) is 2.85. The number of hydrazine groups is 1. The van der Waals surface area contributed by atoms with Crippen molar-refractivity contribution < 1.29 is 15.0 Å². The molecule has 0 unspecified atom stereocenters. The van der Waals surface area contributed by atoms with Gasteiger partial charge in [-0.05, 0) is 6.42 Å². The summed E-state index contributed by atoms with van der Waals surface area (Å²) in [5, 5.41) is 16.4. The van der Waals surface area contributed by atoms with Gasteiger partial charge in [-0.2, -0.15) is 0 Å². The van der Waals surface area contributed by atoms with E-state index >= 15 is 0 Å². The van der Waals surface area contributed by atoms with Crippen molar-refractivity contribution in [2.75, 3.05) is 13.2 Å². The lowest BCUT2D eigenvalue weighted by Crippen LogP contribution is -2.24. The first-order valence-corrected chi connectivity index (χ1v) is 10.4. The van der Waals surface area contributed by atoms with E-state index in [1.807, 2.05) is 0 Å². The van der Waals surface area contributed by atoms with Gasteiger partial charge in [-0.25, -0.2) is 0 Å². The molecule has 0 aliphatic heterocycles. The second-order valence-corrected chi connectivity index (χ2v) is 6.77. The number of unbranched alkanes of at least 4 members (excludes halogenated alkanes) is 14. The highest BCUT2D eigenvalue weighted by Gasteiger charge is 1.97. The van der Waals surface area contributed by atoms with Crippen LogP contribution in [0, 0.1) is 0 Å². The number of hydrogen-bond donors (Lipinski definition) is 4.